The average molecular weight is 200 g/mol. The van der Waals surface area contributed by atoms with Gasteiger partial charge < -0.3 is 10.1 Å². The van der Waals surface area contributed by atoms with Crippen LogP contribution in [-0.4, -0.2) is 42.8 Å². The number of nitrogens with zero attached hydrogens (tertiary/aromatic N) is 1. The van der Waals surface area contributed by atoms with Gasteiger partial charge in [-0.3, -0.25) is 4.90 Å². The van der Waals surface area contributed by atoms with Gasteiger partial charge >= 0.3 is 6.09 Å². The van der Waals surface area contributed by atoms with E-state index in [1.165, 1.54) is 7.11 Å². The first-order valence-corrected chi connectivity index (χ1v) is 5.05. The van der Waals surface area contributed by atoms with Crippen molar-refractivity contribution in [3.63, 3.8) is 0 Å². The molecule has 1 heterocycles. The second-order valence-corrected chi connectivity index (χ2v) is 4.66. The maximum Gasteiger partial charge on any atom is 0.410 e. The van der Waals surface area contributed by atoms with Crippen molar-refractivity contribution in [2.24, 2.45) is 0 Å². The third kappa shape index (κ3) is 2.38. The molecule has 1 fully saturated rings. The molecule has 0 spiro atoms. The summed E-state index contributed by atoms with van der Waals surface area (Å²) in [5, 5.41) is 3.25. The lowest BCUT2D eigenvalue weighted by Crippen LogP contribution is -2.52. The molecule has 0 radical (unpaired) electrons. The molecule has 14 heavy (non-hydrogen) atoms. The average Bonchev–Trinajstić information content (AvgIpc) is 2.54. The van der Waals surface area contributed by atoms with E-state index in [0.717, 1.165) is 19.5 Å². The normalized spacial score (nSPS) is 22.1. The van der Waals surface area contributed by atoms with Crippen LogP contribution >= 0.6 is 0 Å². The van der Waals surface area contributed by atoms with E-state index in [-0.39, 0.29) is 17.7 Å². The van der Waals surface area contributed by atoms with Crippen LogP contribution in [0.25, 0.3) is 0 Å². The minimum Gasteiger partial charge on any atom is -0.453 e. The van der Waals surface area contributed by atoms with Crippen LogP contribution in [-0.2, 0) is 4.74 Å². The second kappa shape index (κ2) is 4.17. The standard InChI is InChI=1S/C10H20N2O2/c1-10(2,3)12(9(13)14-4)8-5-6-11-7-8/h8,11H,5-7H2,1-4H3/t8-/m0/s1. The summed E-state index contributed by atoms with van der Waals surface area (Å²) >= 11 is 0. The Morgan fingerprint density at radius 3 is 2.50 bits per heavy atom. The van der Waals surface area contributed by atoms with E-state index in [0.29, 0.717) is 0 Å². The highest BCUT2D eigenvalue weighted by molar-refractivity contribution is 5.69. The molecule has 1 saturated heterocycles. The molecule has 1 rings (SSSR count). The van der Waals surface area contributed by atoms with Crippen LogP contribution in [0.5, 0.6) is 0 Å². The van der Waals surface area contributed by atoms with Crippen LogP contribution < -0.4 is 5.32 Å². The van der Waals surface area contributed by atoms with Gasteiger partial charge in [-0.25, -0.2) is 4.79 Å². The van der Waals surface area contributed by atoms with Crippen LogP contribution in [0.4, 0.5) is 4.79 Å². The number of methoxy groups -OCH3 is 1. The zero-order valence-corrected chi connectivity index (χ0v) is 9.46. The van der Waals surface area contributed by atoms with Crippen molar-refractivity contribution < 1.29 is 9.53 Å². The van der Waals surface area contributed by atoms with E-state index in [9.17, 15) is 4.79 Å². The van der Waals surface area contributed by atoms with Gasteiger partial charge in [-0.15, -0.1) is 0 Å². The Bertz CT molecular complexity index is 205. The highest BCUT2D eigenvalue weighted by Gasteiger charge is 2.35. The molecule has 0 aromatic rings. The summed E-state index contributed by atoms with van der Waals surface area (Å²) in [5.41, 5.74) is -0.177. The summed E-state index contributed by atoms with van der Waals surface area (Å²) < 4.78 is 4.81. The number of carbonyl (C=O) groups is 1. The van der Waals surface area contributed by atoms with Gasteiger partial charge in [-0.05, 0) is 33.7 Å². The fraction of sp³-hybridized carbons (Fsp3) is 0.900. The van der Waals surface area contributed by atoms with Gasteiger partial charge in [0.25, 0.3) is 0 Å². The van der Waals surface area contributed by atoms with Crippen LogP contribution in [0.2, 0.25) is 0 Å². The molecule has 0 aromatic heterocycles. The highest BCUT2D eigenvalue weighted by atomic mass is 16.5. The fourth-order valence-corrected chi connectivity index (χ4v) is 1.93. The Morgan fingerprint density at radius 2 is 2.14 bits per heavy atom. The number of carbonyl (C=O) groups excluding carboxylic acids is 1. The number of rotatable bonds is 1. The van der Waals surface area contributed by atoms with Gasteiger partial charge in [-0.2, -0.15) is 0 Å². The number of amides is 1. The minimum absolute atomic E-state index is 0.177. The Labute approximate surface area is 85.6 Å². The molecule has 0 saturated carbocycles. The zero-order valence-electron chi connectivity index (χ0n) is 9.46. The third-order valence-corrected chi connectivity index (χ3v) is 2.49. The van der Waals surface area contributed by atoms with E-state index in [4.69, 9.17) is 4.74 Å². The topological polar surface area (TPSA) is 41.6 Å². The molecule has 0 unspecified atom stereocenters. The minimum atomic E-state index is -0.230. The number of hydrogen-bond acceptors (Lipinski definition) is 3. The first-order valence-electron chi connectivity index (χ1n) is 5.05. The first kappa shape index (κ1) is 11.3. The first-order chi connectivity index (χ1) is 6.46. The molecule has 1 aliphatic heterocycles. The Hall–Kier alpha value is -0.770. The quantitative estimate of drug-likeness (QED) is 0.692. The molecule has 0 aromatic carbocycles. The van der Waals surface area contributed by atoms with Crippen LogP contribution in [0.1, 0.15) is 27.2 Å². The predicted molar refractivity (Wildman–Crippen MR) is 55.3 cm³/mol. The summed E-state index contributed by atoms with van der Waals surface area (Å²) in [6, 6.07) is 0.266. The van der Waals surface area contributed by atoms with Crippen molar-refractivity contribution in [1.29, 1.82) is 0 Å². The van der Waals surface area contributed by atoms with Gasteiger partial charge in [-0.1, -0.05) is 0 Å². The molecule has 1 aliphatic rings. The molecule has 82 valence electrons. The number of nitrogens with one attached hydrogen (secondary N) is 1. The van der Waals surface area contributed by atoms with Gasteiger partial charge in [0.2, 0.25) is 0 Å². The lowest BCUT2D eigenvalue weighted by molar-refractivity contribution is 0.0617. The van der Waals surface area contributed by atoms with Crippen molar-refractivity contribution >= 4 is 6.09 Å². The monoisotopic (exact) mass is 200 g/mol. The molecule has 0 aliphatic carbocycles. The van der Waals surface area contributed by atoms with Crippen molar-refractivity contribution in [2.75, 3.05) is 20.2 Å². The molecule has 1 N–H and O–H groups in total. The van der Waals surface area contributed by atoms with Crippen molar-refractivity contribution in [3.05, 3.63) is 0 Å². The molecular weight excluding hydrogens is 180 g/mol. The van der Waals surface area contributed by atoms with Crippen molar-refractivity contribution in [1.82, 2.24) is 10.2 Å². The molecule has 1 amide bonds. The lowest BCUT2D eigenvalue weighted by atomic mass is 10.0. The summed E-state index contributed by atoms with van der Waals surface area (Å²) in [6.45, 7) is 7.94. The molecule has 4 heteroatoms. The van der Waals surface area contributed by atoms with E-state index in [1.807, 2.05) is 25.7 Å². The molecular formula is C10H20N2O2. The summed E-state index contributed by atoms with van der Waals surface area (Å²) in [7, 11) is 1.43. The molecule has 1 atom stereocenters. The maximum atomic E-state index is 11.6. The highest BCUT2D eigenvalue weighted by Crippen LogP contribution is 2.21. The van der Waals surface area contributed by atoms with E-state index in [1.54, 1.807) is 0 Å². The second-order valence-electron chi connectivity index (χ2n) is 4.66. The van der Waals surface area contributed by atoms with Crippen molar-refractivity contribution in [3.8, 4) is 0 Å². The summed E-state index contributed by atoms with van der Waals surface area (Å²) in [4.78, 5) is 13.4. The number of ether oxygens (including phenoxy) is 1. The van der Waals surface area contributed by atoms with Gasteiger partial charge in [0.15, 0.2) is 0 Å². The number of hydrogen-bond donors (Lipinski definition) is 1. The summed E-state index contributed by atoms with van der Waals surface area (Å²) in [6.07, 6.45) is 0.776. The fourth-order valence-electron chi connectivity index (χ4n) is 1.93. The van der Waals surface area contributed by atoms with Crippen LogP contribution in [0, 0.1) is 0 Å². The van der Waals surface area contributed by atoms with Crippen LogP contribution in [0.15, 0.2) is 0 Å². The van der Waals surface area contributed by atoms with Crippen LogP contribution in [0.3, 0.4) is 0 Å². The Morgan fingerprint density at radius 1 is 1.50 bits per heavy atom. The van der Waals surface area contributed by atoms with Gasteiger partial charge in [0.05, 0.1) is 7.11 Å². The smallest absolute Gasteiger partial charge is 0.410 e. The van der Waals surface area contributed by atoms with E-state index < -0.39 is 0 Å². The SMILES string of the molecule is COC(=O)N([C@H]1CCNC1)C(C)(C)C. The maximum absolute atomic E-state index is 11.6. The van der Waals surface area contributed by atoms with Gasteiger partial charge in [0.1, 0.15) is 0 Å². The van der Waals surface area contributed by atoms with E-state index >= 15 is 0 Å². The van der Waals surface area contributed by atoms with E-state index in [2.05, 4.69) is 5.32 Å². The largest absolute Gasteiger partial charge is 0.453 e. The Kier molecular flexibility index (Phi) is 3.37. The predicted octanol–water partition coefficient (Wildman–Crippen LogP) is 1.22. The Balaban J connectivity index is 2.75. The molecule has 4 nitrogen and oxygen atoms in total. The molecule has 0 bridgehead atoms. The third-order valence-electron chi connectivity index (χ3n) is 2.49. The summed E-state index contributed by atoms with van der Waals surface area (Å²) in [5.74, 6) is 0. The van der Waals surface area contributed by atoms with Gasteiger partial charge in [0, 0.05) is 18.1 Å². The lowest BCUT2D eigenvalue weighted by Gasteiger charge is -2.38. The van der Waals surface area contributed by atoms with Crippen molar-refractivity contribution in [2.45, 2.75) is 38.8 Å². The zero-order chi connectivity index (χ0) is 10.8.